The second-order valence-electron chi connectivity index (χ2n) is 6.23. The van der Waals surface area contributed by atoms with Crippen molar-refractivity contribution < 1.29 is 4.79 Å². The average molecular weight is 222 g/mol. The van der Waals surface area contributed by atoms with Crippen LogP contribution >= 0.6 is 0 Å². The smallest absolute Gasteiger partial charge is 0.240 e. The quantitative estimate of drug-likeness (QED) is 0.739. The first-order chi connectivity index (χ1) is 7.59. The zero-order chi connectivity index (χ0) is 11.3. The number of rotatable bonds is 5. The molecule has 0 bridgehead atoms. The molecule has 90 valence electrons. The van der Waals surface area contributed by atoms with Gasteiger partial charge in [-0.2, -0.15) is 0 Å². The molecule has 0 spiro atoms. The molecule has 3 aliphatic rings. The Kier molecular flexibility index (Phi) is 2.29. The van der Waals surface area contributed by atoms with E-state index in [9.17, 15) is 4.79 Å². The summed E-state index contributed by atoms with van der Waals surface area (Å²) in [4.78, 5) is 12.2. The van der Waals surface area contributed by atoms with Crippen molar-refractivity contribution in [1.29, 1.82) is 0 Å². The Hall–Kier alpha value is -0.570. The number of hydrogen-bond acceptors (Lipinski definition) is 2. The SMILES string of the molecule is CC(N)(C(=O)NC(C1CC1)C1CC1)C1CC1. The molecule has 3 rings (SSSR count). The van der Waals surface area contributed by atoms with E-state index in [0.29, 0.717) is 12.0 Å². The Bertz CT molecular complexity index is 289. The van der Waals surface area contributed by atoms with Gasteiger partial charge in [-0.05, 0) is 63.2 Å². The molecule has 3 aliphatic carbocycles. The molecule has 0 radical (unpaired) electrons. The van der Waals surface area contributed by atoms with Crippen LogP contribution in [0.5, 0.6) is 0 Å². The molecule has 0 saturated heterocycles. The molecule has 0 aromatic rings. The van der Waals surface area contributed by atoms with Gasteiger partial charge in [0.05, 0.1) is 5.54 Å². The monoisotopic (exact) mass is 222 g/mol. The van der Waals surface area contributed by atoms with E-state index in [1.165, 1.54) is 25.7 Å². The zero-order valence-corrected chi connectivity index (χ0v) is 10.0. The minimum Gasteiger partial charge on any atom is -0.351 e. The highest BCUT2D eigenvalue weighted by molar-refractivity contribution is 5.86. The minimum atomic E-state index is -0.623. The minimum absolute atomic E-state index is 0.0961. The zero-order valence-electron chi connectivity index (χ0n) is 10.0. The number of nitrogens with two attached hydrogens (primary N) is 1. The maximum Gasteiger partial charge on any atom is 0.240 e. The molecule has 3 fully saturated rings. The largest absolute Gasteiger partial charge is 0.351 e. The van der Waals surface area contributed by atoms with Crippen molar-refractivity contribution in [1.82, 2.24) is 5.32 Å². The highest BCUT2D eigenvalue weighted by Crippen LogP contribution is 2.45. The summed E-state index contributed by atoms with van der Waals surface area (Å²) in [5, 5.41) is 3.24. The van der Waals surface area contributed by atoms with Gasteiger partial charge in [0.1, 0.15) is 0 Å². The van der Waals surface area contributed by atoms with Crippen molar-refractivity contribution in [2.45, 2.75) is 57.0 Å². The van der Waals surface area contributed by atoms with Gasteiger partial charge in [-0.25, -0.2) is 0 Å². The predicted octanol–water partition coefficient (Wildman–Crippen LogP) is 1.42. The molecule has 1 amide bonds. The third-order valence-electron chi connectivity index (χ3n) is 4.47. The molecule has 1 atom stereocenters. The van der Waals surface area contributed by atoms with Crippen LogP contribution in [-0.2, 0) is 4.79 Å². The van der Waals surface area contributed by atoms with Crippen LogP contribution in [0.25, 0.3) is 0 Å². The number of hydrogen-bond donors (Lipinski definition) is 2. The molecule has 3 N–H and O–H groups in total. The Labute approximate surface area is 97.2 Å². The lowest BCUT2D eigenvalue weighted by molar-refractivity contribution is -0.127. The molecule has 0 aromatic heterocycles. The van der Waals surface area contributed by atoms with Crippen LogP contribution in [0.3, 0.4) is 0 Å². The fourth-order valence-corrected chi connectivity index (χ4v) is 2.71. The maximum atomic E-state index is 12.2. The molecular formula is C13H22N2O. The third-order valence-corrected chi connectivity index (χ3v) is 4.47. The number of carbonyl (C=O) groups is 1. The van der Waals surface area contributed by atoms with Crippen LogP contribution in [0, 0.1) is 17.8 Å². The average Bonchev–Trinajstić information content (AvgIpc) is 3.14. The summed E-state index contributed by atoms with van der Waals surface area (Å²) >= 11 is 0. The normalized spacial score (nSPS) is 28.9. The Balaban J connectivity index is 1.61. The van der Waals surface area contributed by atoms with Gasteiger partial charge in [0.2, 0.25) is 5.91 Å². The van der Waals surface area contributed by atoms with E-state index in [4.69, 9.17) is 5.73 Å². The van der Waals surface area contributed by atoms with Crippen LogP contribution in [0.4, 0.5) is 0 Å². The van der Waals surface area contributed by atoms with E-state index in [0.717, 1.165) is 24.7 Å². The molecule has 3 heteroatoms. The van der Waals surface area contributed by atoms with Crippen molar-refractivity contribution in [2.24, 2.45) is 23.5 Å². The number of amides is 1. The molecule has 3 nitrogen and oxygen atoms in total. The second-order valence-corrected chi connectivity index (χ2v) is 6.23. The van der Waals surface area contributed by atoms with Crippen LogP contribution < -0.4 is 11.1 Å². The standard InChI is InChI=1S/C13H22N2O/c1-13(14,10-6-7-10)12(16)15-11(8-2-3-8)9-4-5-9/h8-11H,2-7,14H2,1H3,(H,15,16). The third kappa shape index (κ3) is 1.97. The summed E-state index contributed by atoms with van der Waals surface area (Å²) in [6.45, 7) is 1.90. The summed E-state index contributed by atoms with van der Waals surface area (Å²) in [5.74, 6) is 2.03. The van der Waals surface area contributed by atoms with Crippen LogP contribution in [0.2, 0.25) is 0 Å². The van der Waals surface area contributed by atoms with E-state index in [-0.39, 0.29) is 5.91 Å². The van der Waals surface area contributed by atoms with Gasteiger partial charge in [-0.3, -0.25) is 4.79 Å². The molecule has 3 saturated carbocycles. The summed E-state index contributed by atoms with van der Waals surface area (Å²) in [5.41, 5.74) is 5.52. The van der Waals surface area contributed by atoms with Crippen molar-refractivity contribution in [3.05, 3.63) is 0 Å². The van der Waals surface area contributed by atoms with E-state index >= 15 is 0 Å². The van der Waals surface area contributed by atoms with Gasteiger partial charge in [-0.1, -0.05) is 0 Å². The van der Waals surface area contributed by atoms with E-state index in [1.807, 2.05) is 6.92 Å². The molecule has 0 aromatic carbocycles. The first-order valence-electron chi connectivity index (χ1n) is 6.69. The lowest BCUT2D eigenvalue weighted by Gasteiger charge is -2.27. The van der Waals surface area contributed by atoms with Gasteiger partial charge in [0.25, 0.3) is 0 Å². The highest BCUT2D eigenvalue weighted by Gasteiger charge is 2.48. The molecule has 0 aliphatic heterocycles. The first-order valence-corrected chi connectivity index (χ1v) is 6.69. The number of carbonyl (C=O) groups excluding carboxylic acids is 1. The summed E-state index contributed by atoms with van der Waals surface area (Å²) in [7, 11) is 0. The van der Waals surface area contributed by atoms with Crippen LogP contribution in [0.1, 0.15) is 45.4 Å². The van der Waals surface area contributed by atoms with E-state index < -0.39 is 5.54 Å². The van der Waals surface area contributed by atoms with Gasteiger partial charge < -0.3 is 11.1 Å². The number of nitrogens with one attached hydrogen (secondary N) is 1. The van der Waals surface area contributed by atoms with Crippen molar-refractivity contribution in [3.63, 3.8) is 0 Å². The Morgan fingerprint density at radius 1 is 1.19 bits per heavy atom. The lowest BCUT2D eigenvalue weighted by atomic mass is 9.95. The summed E-state index contributed by atoms with van der Waals surface area (Å²) in [6.07, 6.45) is 7.44. The molecule has 16 heavy (non-hydrogen) atoms. The Morgan fingerprint density at radius 3 is 2.06 bits per heavy atom. The van der Waals surface area contributed by atoms with Gasteiger partial charge in [-0.15, -0.1) is 0 Å². The van der Waals surface area contributed by atoms with Crippen molar-refractivity contribution in [2.75, 3.05) is 0 Å². The summed E-state index contributed by atoms with van der Waals surface area (Å²) in [6, 6.07) is 0.439. The van der Waals surface area contributed by atoms with Crippen LogP contribution in [-0.4, -0.2) is 17.5 Å². The van der Waals surface area contributed by atoms with E-state index in [2.05, 4.69) is 5.32 Å². The van der Waals surface area contributed by atoms with Crippen molar-refractivity contribution in [3.8, 4) is 0 Å². The lowest BCUT2D eigenvalue weighted by Crippen LogP contribution is -2.56. The molecular weight excluding hydrogens is 200 g/mol. The van der Waals surface area contributed by atoms with Crippen LogP contribution in [0.15, 0.2) is 0 Å². The molecule has 0 heterocycles. The van der Waals surface area contributed by atoms with Crippen molar-refractivity contribution >= 4 is 5.91 Å². The Morgan fingerprint density at radius 2 is 1.69 bits per heavy atom. The van der Waals surface area contributed by atoms with E-state index in [1.54, 1.807) is 0 Å². The molecule has 1 unspecified atom stereocenters. The maximum absolute atomic E-state index is 12.2. The highest BCUT2D eigenvalue weighted by atomic mass is 16.2. The summed E-state index contributed by atoms with van der Waals surface area (Å²) < 4.78 is 0. The first kappa shape index (κ1) is 10.6. The fraction of sp³-hybridized carbons (Fsp3) is 0.923. The van der Waals surface area contributed by atoms with Gasteiger partial charge in [0.15, 0.2) is 0 Å². The second kappa shape index (κ2) is 3.46. The predicted molar refractivity (Wildman–Crippen MR) is 62.7 cm³/mol. The van der Waals surface area contributed by atoms with Gasteiger partial charge >= 0.3 is 0 Å². The topological polar surface area (TPSA) is 55.1 Å². The van der Waals surface area contributed by atoms with Gasteiger partial charge in [0, 0.05) is 6.04 Å². The fourth-order valence-electron chi connectivity index (χ4n) is 2.71.